The minimum Gasteiger partial charge on any atom is -0.347 e. The molecular formula is C18H28N2O. The van der Waals surface area contributed by atoms with Crippen LogP contribution in [0.25, 0.3) is 0 Å². The first-order chi connectivity index (χ1) is 10.0. The van der Waals surface area contributed by atoms with Gasteiger partial charge in [-0.05, 0) is 37.2 Å². The van der Waals surface area contributed by atoms with Crippen LogP contribution in [0, 0.1) is 11.8 Å². The molecule has 1 aliphatic rings. The van der Waals surface area contributed by atoms with Crippen molar-refractivity contribution in [2.24, 2.45) is 17.6 Å². The van der Waals surface area contributed by atoms with E-state index in [4.69, 9.17) is 5.73 Å². The summed E-state index contributed by atoms with van der Waals surface area (Å²) >= 11 is 0. The lowest BCUT2D eigenvalue weighted by molar-refractivity contribution is -0.127. The summed E-state index contributed by atoms with van der Waals surface area (Å²) in [7, 11) is 0. The van der Waals surface area contributed by atoms with E-state index in [9.17, 15) is 4.79 Å². The Bertz CT molecular complexity index is 461. The summed E-state index contributed by atoms with van der Waals surface area (Å²) in [5, 5.41) is 3.23. The highest BCUT2D eigenvalue weighted by Gasteiger charge is 2.44. The first-order valence-corrected chi connectivity index (χ1v) is 8.15. The Hall–Kier alpha value is -1.35. The van der Waals surface area contributed by atoms with Gasteiger partial charge >= 0.3 is 0 Å². The summed E-state index contributed by atoms with van der Waals surface area (Å²) in [6.07, 6.45) is 4.23. The summed E-state index contributed by atoms with van der Waals surface area (Å²) in [5.41, 5.74) is 6.70. The van der Waals surface area contributed by atoms with Crippen molar-refractivity contribution in [2.45, 2.75) is 58.0 Å². The van der Waals surface area contributed by atoms with Crippen LogP contribution in [0.2, 0.25) is 0 Å². The Balaban J connectivity index is 2.18. The molecule has 1 amide bonds. The zero-order chi connectivity index (χ0) is 15.5. The first-order valence-electron chi connectivity index (χ1n) is 8.15. The van der Waals surface area contributed by atoms with Gasteiger partial charge in [-0.1, -0.05) is 57.0 Å². The number of hydrogen-bond donors (Lipinski definition) is 2. The molecule has 2 unspecified atom stereocenters. The quantitative estimate of drug-likeness (QED) is 0.808. The van der Waals surface area contributed by atoms with Crippen LogP contribution in [0.3, 0.4) is 0 Å². The molecule has 0 bridgehead atoms. The van der Waals surface area contributed by atoms with Crippen molar-refractivity contribution >= 4 is 5.91 Å². The molecule has 0 spiro atoms. The largest absolute Gasteiger partial charge is 0.347 e. The van der Waals surface area contributed by atoms with Gasteiger partial charge in [0, 0.05) is 0 Å². The molecule has 2 rings (SSSR count). The van der Waals surface area contributed by atoms with Gasteiger partial charge in [-0.3, -0.25) is 4.79 Å². The highest BCUT2D eigenvalue weighted by Crippen LogP contribution is 2.39. The number of nitrogens with one attached hydrogen (secondary N) is 1. The van der Waals surface area contributed by atoms with Gasteiger partial charge < -0.3 is 11.1 Å². The van der Waals surface area contributed by atoms with E-state index in [1.54, 1.807) is 0 Å². The Morgan fingerprint density at radius 1 is 1.29 bits per heavy atom. The maximum absolute atomic E-state index is 12.6. The number of amides is 1. The standard InChI is InChI=1S/C18H28N2O/c1-4-13(5-2)16(14-9-7-6-8-10-14)20-17(21)18(3,19)15-11-12-15/h6-10,13,15-16H,4-5,11-12,19H2,1-3H3,(H,20,21). The normalized spacial score (nSPS) is 19.1. The second-order valence-electron chi connectivity index (χ2n) is 6.50. The number of carbonyl (C=O) groups excluding carboxylic acids is 1. The minimum absolute atomic E-state index is 0.00856. The van der Waals surface area contributed by atoms with Crippen LogP contribution >= 0.6 is 0 Å². The molecule has 3 heteroatoms. The molecule has 1 saturated carbocycles. The van der Waals surface area contributed by atoms with Crippen LogP contribution in [0.1, 0.15) is 58.1 Å². The molecular weight excluding hydrogens is 260 g/mol. The molecule has 1 aliphatic carbocycles. The lowest BCUT2D eigenvalue weighted by Crippen LogP contribution is -2.54. The molecule has 1 aromatic carbocycles. The molecule has 21 heavy (non-hydrogen) atoms. The average molecular weight is 288 g/mol. The molecule has 1 fully saturated rings. The van der Waals surface area contributed by atoms with Crippen LogP contribution < -0.4 is 11.1 Å². The predicted octanol–water partition coefficient (Wildman–Crippen LogP) is 3.41. The Labute approximate surface area is 128 Å². The third-order valence-corrected chi connectivity index (χ3v) is 4.88. The van der Waals surface area contributed by atoms with Gasteiger partial charge in [-0.2, -0.15) is 0 Å². The second-order valence-corrected chi connectivity index (χ2v) is 6.50. The molecule has 3 nitrogen and oxygen atoms in total. The Morgan fingerprint density at radius 2 is 1.86 bits per heavy atom. The van der Waals surface area contributed by atoms with Gasteiger partial charge in [0.15, 0.2) is 0 Å². The molecule has 116 valence electrons. The zero-order valence-corrected chi connectivity index (χ0v) is 13.4. The van der Waals surface area contributed by atoms with Gasteiger partial charge in [0.2, 0.25) is 5.91 Å². The highest BCUT2D eigenvalue weighted by molar-refractivity contribution is 5.86. The Morgan fingerprint density at radius 3 is 2.33 bits per heavy atom. The van der Waals surface area contributed by atoms with Gasteiger partial charge in [-0.25, -0.2) is 0 Å². The van der Waals surface area contributed by atoms with E-state index in [-0.39, 0.29) is 11.9 Å². The van der Waals surface area contributed by atoms with Crippen molar-refractivity contribution in [2.75, 3.05) is 0 Å². The topological polar surface area (TPSA) is 55.1 Å². The van der Waals surface area contributed by atoms with E-state index < -0.39 is 5.54 Å². The van der Waals surface area contributed by atoms with Crippen LogP contribution in [-0.2, 0) is 4.79 Å². The summed E-state index contributed by atoms with van der Waals surface area (Å²) < 4.78 is 0. The van der Waals surface area contributed by atoms with Crippen LogP contribution in [-0.4, -0.2) is 11.4 Å². The lowest BCUT2D eigenvalue weighted by atomic mass is 9.87. The molecule has 2 atom stereocenters. The van der Waals surface area contributed by atoms with Crippen molar-refractivity contribution in [3.63, 3.8) is 0 Å². The molecule has 1 aromatic rings. The molecule has 0 aromatic heterocycles. The van der Waals surface area contributed by atoms with Crippen LogP contribution in [0.15, 0.2) is 30.3 Å². The van der Waals surface area contributed by atoms with Gasteiger partial charge in [0.25, 0.3) is 0 Å². The van der Waals surface area contributed by atoms with Crippen molar-refractivity contribution in [3.8, 4) is 0 Å². The zero-order valence-electron chi connectivity index (χ0n) is 13.4. The summed E-state index contributed by atoms with van der Waals surface area (Å²) in [6.45, 7) is 6.23. The predicted molar refractivity (Wildman–Crippen MR) is 86.7 cm³/mol. The van der Waals surface area contributed by atoms with E-state index in [0.717, 1.165) is 25.7 Å². The third kappa shape index (κ3) is 3.65. The molecule has 0 aliphatic heterocycles. The third-order valence-electron chi connectivity index (χ3n) is 4.88. The first kappa shape index (κ1) is 16.0. The molecule has 3 N–H and O–H groups in total. The fraction of sp³-hybridized carbons (Fsp3) is 0.611. The van der Waals surface area contributed by atoms with E-state index in [1.165, 1.54) is 5.56 Å². The van der Waals surface area contributed by atoms with Crippen molar-refractivity contribution in [1.29, 1.82) is 0 Å². The number of nitrogens with two attached hydrogens (primary N) is 1. The summed E-state index contributed by atoms with van der Waals surface area (Å²) in [4.78, 5) is 12.6. The van der Waals surface area contributed by atoms with Gasteiger partial charge in [0.1, 0.15) is 0 Å². The van der Waals surface area contributed by atoms with Gasteiger partial charge in [0.05, 0.1) is 11.6 Å². The molecule has 0 heterocycles. The molecule has 0 radical (unpaired) electrons. The SMILES string of the molecule is CCC(CC)C(NC(=O)C(C)(N)C1CC1)c1ccccc1. The summed E-state index contributed by atoms with van der Waals surface area (Å²) in [5.74, 6) is 0.771. The average Bonchev–Trinajstić information content (AvgIpc) is 3.33. The fourth-order valence-electron chi connectivity index (χ4n) is 3.06. The van der Waals surface area contributed by atoms with E-state index in [1.807, 2.05) is 25.1 Å². The fourth-order valence-corrected chi connectivity index (χ4v) is 3.06. The second kappa shape index (κ2) is 6.61. The van der Waals surface area contributed by atoms with E-state index in [0.29, 0.717) is 11.8 Å². The summed E-state index contributed by atoms with van der Waals surface area (Å²) in [6, 6.07) is 10.3. The monoisotopic (exact) mass is 288 g/mol. The highest BCUT2D eigenvalue weighted by atomic mass is 16.2. The lowest BCUT2D eigenvalue weighted by Gasteiger charge is -2.31. The van der Waals surface area contributed by atoms with Crippen molar-refractivity contribution in [3.05, 3.63) is 35.9 Å². The maximum Gasteiger partial charge on any atom is 0.240 e. The minimum atomic E-state index is -0.737. The van der Waals surface area contributed by atoms with E-state index in [2.05, 4.69) is 31.3 Å². The van der Waals surface area contributed by atoms with Crippen LogP contribution in [0.5, 0.6) is 0 Å². The number of carbonyl (C=O) groups is 1. The van der Waals surface area contributed by atoms with Crippen molar-refractivity contribution < 1.29 is 4.79 Å². The van der Waals surface area contributed by atoms with E-state index >= 15 is 0 Å². The number of benzene rings is 1. The molecule has 0 saturated heterocycles. The Kier molecular flexibility index (Phi) is 5.04. The number of rotatable bonds is 7. The van der Waals surface area contributed by atoms with Gasteiger partial charge in [-0.15, -0.1) is 0 Å². The van der Waals surface area contributed by atoms with Crippen molar-refractivity contribution in [1.82, 2.24) is 5.32 Å². The number of hydrogen-bond acceptors (Lipinski definition) is 2. The smallest absolute Gasteiger partial charge is 0.240 e. The van der Waals surface area contributed by atoms with Crippen LogP contribution in [0.4, 0.5) is 0 Å². The maximum atomic E-state index is 12.6.